The smallest absolute Gasteiger partial charge is 0.244 e. The highest BCUT2D eigenvalue weighted by atomic mass is 16.5. The number of nitrogens with one attached hydrogen (secondary N) is 1. The van der Waals surface area contributed by atoms with Gasteiger partial charge in [0.25, 0.3) is 0 Å². The van der Waals surface area contributed by atoms with E-state index in [0.717, 1.165) is 12.0 Å². The fourth-order valence-electron chi connectivity index (χ4n) is 5.44. The van der Waals surface area contributed by atoms with Crippen molar-refractivity contribution in [3.63, 3.8) is 0 Å². The summed E-state index contributed by atoms with van der Waals surface area (Å²) in [5, 5.41) is 11.8. The van der Waals surface area contributed by atoms with Crippen LogP contribution in [-0.4, -0.2) is 26.2 Å². The van der Waals surface area contributed by atoms with Crippen molar-refractivity contribution in [1.82, 2.24) is 5.32 Å². The fourth-order valence-corrected chi connectivity index (χ4v) is 5.44. The van der Waals surface area contributed by atoms with Gasteiger partial charge in [0.1, 0.15) is 6.07 Å². The molecule has 1 atom stereocenters. The highest BCUT2D eigenvalue weighted by Gasteiger charge is 2.42. The molecule has 0 radical (unpaired) electrons. The lowest BCUT2D eigenvalue weighted by Crippen LogP contribution is -2.38. The molecular formula is C29H26N2O3. The van der Waals surface area contributed by atoms with Crippen LogP contribution in [0.2, 0.25) is 0 Å². The van der Waals surface area contributed by atoms with Gasteiger partial charge in [-0.25, -0.2) is 0 Å². The van der Waals surface area contributed by atoms with Gasteiger partial charge in [-0.15, -0.1) is 0 Å². The van der Waals surface area contributed by atoms with Gasteiger partial charge in [-0.3, -0.25) is 4.79 Å². The van der Waals surface area contributed by atoms with E-state index in [2.05, 4.69) is 53.8 Å². The molecule has 3 aromatic carbocycles. The number of ether oxygens (including phenoxy) is 2. The van der Waals surface area contributed by atoms with Crippen LogP contribution in [0.1, 0.15) is 46.1 Å². The van der Waals surface area contributed by atoms with Crippen molar-refractivity contribution in [2.45, 2.75) is 18.3 Å². The average Bonchev–Trinajstić information content (AvgIpc) is 2.89. The number of fused-ring (bicyclic) bond motifs is 1. The Balaban J connectivity index is 1.27. The predicted molar refractivity (Wildman–Crippen MR) is 131 cm³/mol. The molecule has 5 nitrogen and oxygen atoms in total. The normalized spacial score (nSPS) is 19.7. The highest BCUT2D eigenvalue weighted by Crippen LogP contribution is 2.55. The second-order valence-electron chi connectivity index (χ2n) is 8.72. The second-order valence-corrected chi connectivity index (χ2v) is 8.72. The van der Waals surface area contributed by atoms with Crippen molar-refractivity contribution in [1.29, 1.82) is 5.26 Å². The van der Waals surface area contributed by atoms with Gasteiger partial charge >= 0.3 is 0 Å². The van der Waals surface area contributed by atoms with Crippen molar-refractivity contribution in [2.24, 2.45) is 5.92 Å². The lowest BCUT2D eigenvalue weighted by molar-refractivity contribution is -0.116. The summed E-state index contributed by atoms with van der Waals surface area (Å²) >= 11 is 0. The molecule has 5 heteroatoms. The number of hydrogen-bond acceptors (Lipinski definition) is 4. The van der Waals surface area contributed by atoms with Gasteiger partial charge in [-0.2, -0.15) is 5.26 Å². The van der Waals surface area contributed by atoms with Gasteiger partial charge in [0, 0.05) is 24.5 Å². The molecule has 170 valence electrons. The fraction of sp³-hybridized carbons (Fsp3) is 0.241. The summed E-state index contributed by atoms with van der Waals surface area (Å²) in [7, 11) is 1.54. The van der Waals surface area contributed by atoms with E-state index in [9.17, 15) is 4.79 Å². The van der Waals surface area contributed by atoms with Gasteiger partial charge in [0.05, 0.1) is 7.11 Å². The van der Waals surface area contributed by atoms with E-state index in [0.29, 0.717) is 35.8 Å². The molecule has 0 aromatic heterocycles. The van der Waals surface area contributed by atoms with Crippen LogP contribution in [-0.2, 0) is 4.79 Å². The highest BCUT2D eigenvalue weighted by molar-refractivity contribution is 5.91. The standard InChI is InChI=1S/C29H26N2O3/c1-33-27-16-19(10-12-26(27)34-15-14-30)11-13-28(32)31-18-20-17-25-21-6-2-4-8-23(21)29(20)24-9-5-3-7-22(24)25/h2-13,16,20,25,29H,15,17-18H2,1H3,(H,31,32)/b13-11+. The number of benzene rings is 3. The maximum absolute atomic E-state index is 12.6. The summed E-state index contributed by atoms with van der Waals surface area (Å²) in [5.74, 6) is 1.97. The molecule has 34 heavy (non-hydrogen) atoms. The van der Waals surface area contributed by atoms with Crippen molar-refractivity contribution < 1.29 is 14.3 Å². The average molecular weight is 451 g/mol. The number of nitriles is 1. The minimum atomic E-state index is -0.119. The zero-order chi connectivity index (χ0) is 23.5. The van der Waals surface area contributed by atoms with Crippen LogP contribution in [0.4, 0.5) is 0 Å². The molecule has 3 aliphatic carbocycles. The van der Waals surface area contributed by atoms with E-state index in [1.54, 1.807) is 31.4 Å². The van der Waals surface area contributed by atoms with Crippen LogP contribution in [0.25, 0.3) is 6.08 Å². The first-order valence-corrected chi connectivity index (χ1v) is 11.5. The molecule has 0 aliphatic heterocycles. The number of rotatable bonds is 7. The topological polar surface area (TPSA) is 71.3 Å². The third-order valence-corrected chi connectivity index (χ3v) is 6.87. The molecule has 3 aromatic rings. The quantitative estimate of drug-likeness (QED) is 0.513. The Kier molecular flexibility index (Phi) is 6.05. The molecule has 3 aliphatic rings. The first kappa shape index (κ1) is 21.8. The summed E-state index contributed by atoms with van der Waals surface area (Å²) in [6.45, 7) is 0.586. The third-order valence-electron chi connectivity index (χ3n) is 6.87. The second kappa shape index (κ2) is 9.44. The molecule has 0 saturated heterocycles. The largest absolute Gasteiger partial charge is 0.493 e. The maximum Gasteiger partial charge on any atom is 0.244 e. The SMILES string of the molecule is COc1cc(/C=C/C(=O)NCC2CC3c4ccccc4C2c2ccccc23)ccc1OCC#N. The maximum atomic E-state index is 12.6. The number of methoxy groups -OCH3 is 1. The Morgan fingerprint density at radius 3 is 2.35 bits per heavy atom. The first-order valence-electron chi connectivity index (χ1n) is 11.5. The Morgan fingerprint density at radius 2 is 1.71 bits per heavy atom. The molecule has 0 heterocycles. The molecule has 0 fully saturated rings. The Morgan fingerprint density at radius 1 is 1.03 bits per heavy atom. The number of hydrogen-bond donors (Lipinski definition) is 1. The van der Waals surface area contributed by atoms with Crippen molar-refractivity contribution in [3.05, 3.63) is 101 Å². The summed E-state index contributed by atoms with van der Waals surface area (Å²) in [6.07, 6.45) is 4.35. The Bertz CT molecular complexity index is 1240. The minimum absolute atomic E-state index is 0.0497. The van der Waals surface area contributed by atoms with E-state index in [4.69, 9.17) is 14.7 Å². The molecule has 6 rings (SSSR count). The zero-order valence-electron chi connectivity index (χ0n) is 19.0. The minimum Gasteiger partial charge on any atom is -0.493 e. The van der Waals surface area contributed by atoms with Gasteiger partial charge in [0.2, 0.25) is 5.91 Å². The molecule has 1 N–H and O–H groups in total. The van der Waals surface area contributed by atoms with Crippen molar-refractivity contribution >= 4 is 12.0 Å². The van der Waals surface area contributed by atoms with Crippen LogP contribution in [0, 0.1) is 17.2 Å². The van der Waals surface area contributed by atoms with Crippen LogP contribution in [0.3, 0.4) is 0 Å². The molecule has 1 amide bonds. The lowest BCUT2D eigenvalue weighted by Gasteiger charge is -2.45. The summed E-state index contributed by atoms with van der Waals surface area (Å²) in [5.41, 5.74) is 6.49. The number of carbonyl (C=O) groups excluding carboxylic acids is 1. The van der Waals surface area contributed by atoms with E-state index >= 15 is 0 Å². The van der Waals surface area contributed by atoms with E-state index in [-0.39, 0.29) is 12.5 Å². The van der Waals surface area contributed by atoms with Gasteiger partial charge in [-0.05, 0) is 58.4 Å². The molecular weight excluding hydrogens is 424 g/mol. The molecule has 2 bridgehead atoms. The molecule has 0 spiro atoms. The van der Waals surface area contributed by atoms with Gasteiger partial charge < -0.3 is 14.8 Å². The van der Waals surface area contributed by atoms with E-state index < -0.39 is 0 Å². The summed E-state index contributed by atoms with van der Waals surface area (Å²) in [4.78, 5) is 12.6. The first-order chi connectivity index (χ1) is 16.7. The van der Waals surface area contributed by atoms with E-state index in [1.807, 2.05) is 12.1 Å². The third kappa shape index (κ3) is 4.04. The predicted octanol–water partition coefficient (Wildman–Crippen LogP) is 5.02. The van der Waals surface area contributed by atoms with Crippen LogP contribution in [0.15, 0.2) is 72.8 Å². The monoisotopic (exact) mass is 450 g/mol. The molecule has 1 unspecified atom stereocenters. The van der Waals surface area contributed by atoms with Gasteiger partial charge in [0.15, 0.2) is 18.1 Å². The van der Waals surface area contributed by atoms with Crippen molar-refractivity contribution in [3.8, 4) is 17.6 Å². The lowest BCUT2D eigenvalue weighted by atomic mass is 9.59. The Labute approximate surface area is 199 Å². The molecule has 0 saturated carbocycles. The van der Waals surface area contributed by atoms with Gasteiger partial charge in [-0.1, -0.05) is 54.6 Å². The number of carbonyl (C=O) groups is 1. The van der Waals surface area contributed by atoms with E-state index in [1.165, 1.54) is 22.3 Å². The zero-order valence-corrected chi connectivity index (χ0v) is 19.0. The van der Waals surface area contributed by atoms with Crippen LogP contribution < -0.4 is 14.8 Å². The van der Waals surface area contributed by atoms with Crippen LogP contribution in [0.5, 0.6) is 11.5 Å². The Hall–Kier alpha value is -4.04. The summed E-state index contributed by atoms with van der Waals surface area (Å²) < 4.78 is 10.7. The number of amides is 1. The number of nitrogens with zero attached hydrogens (tertiary/aromatic N) is 1. The summed E-state index contributed by atoms with van der Waals surface area (Å²) in [6, 6.07) is 24.8. The van der Waals surface area contributed by atoms with Crippen LogP contribution >= 0.6 is 0 Å². The van der Waals surface area contributed by atoms with Crippen molar-refractivity contribution in [2.75, 3.05) is 20.3 Å².